The Morgan fingerprint density at radius 1 is 1.77 bits per heavy atom. The normalized spacial score (nSPS) is 12.5. The van der Waals surface area contributed by atoms with E-state index in [1.54, 1.807) is 13.2 Å². The second-order valence-electron chi connectivity index (χ2n) is 2.74. The average Bonchev–Trinajstić information content (AvgIpc) is 2.56. The van der Waals surface area contributed by atoms with E-state index in [4.69, 9.17) is 4.42 Å². The van der Waals surface area contributed by atoms with Gasteiger partial charge in [-0.3, -0.25) is 4.79 Å². The Morgan fingerprint density at radius 2 is 2.54 bits per heavy atom. The van der Waals surface area contributed by atoms with Crippen molar-refractivity contribution in [2.45, 2.75) is 18.2 Å². The Hall–Kier alpha value is -0.770. The first-order valence-electron chi connectivity index (χ1n) is 4.14. The SMILES string of the molecule is CC(Br)C(=O)NCCc1ccco1. The van der Waals surface area contributed by atoms with Crippen LogP contribution in [0.3, 0.4) is 0 Å². The van der Waals surface area contributed by atoms with Crippen molar-refractivity contribution in [3.8, 4) is 0 Å². The summed E-state index contributed by atoms with van der Waals surface area (Å²) >= 11 is 3.18. The maximum absolute atomic E-state index is 11.1. The summed E-state index contributed by atoms with van der Waals surface area (Å²) in [7, 11) is 0. The van der Waals surface area contributed by atoms with E-state index in [1.165, 1.54) is 0 Å². The predicted octanol–water partition coefficient (Wildman–Crippen LogP) is 1.72. The lowest BCUT2D eigenvalue weighted by atomic mass is 10.3. The second kappa shape index (κ2) is 5.07. The molecule has 0 spiro atoms. The standard InChI is InChI=1S/C9H12BrNO2/c1-7(10)9(12)11-5-4-8-3-2-6-13-8/h2-3,6-7H,4-5H2,1H3,(H,11,12). The molecule has 0 aromatic carbocycles. The van der Waals surface area contributed by atoms with E-state index in [1.807, 2.05) is 12.1 Å². The van der Waals surface area contributed by atoms with Gasteiger partial charge < -0.3 is 9.73 Å². The van der Waals surface area contributed by atoms with Gasteiger partial charge in [0, 0.05) is 13.0 Å². The molecule has 1 aromatic rings. The summed E-state index contributed by atoms with van der Waals surface area (Å²) in [5.41, 5.74) is 0. The van der Waals surface area contributed by atoms with Crippen LogP contribution in [0.5, 0.6) is 0 Å². The van der Waals surface area contributed by atoms with Crippen LogP contribution in [0.4, 0.5) is 0 Å². The quantitative estimate of drug-likeness (QED) is 0.822. The van der Waals surface area contributed by atoms with Crippen LogP contribution in [-0.4, -0.2) is 17.3 Å². The number of furan rings is 1. The van der Waals surface area contributed by atoms with Gasteiger partial charge in [-0.25, -0.2) is 0 Å². The topological polar surface area (TPSA) is 42.2 Å². The molecule has 3 nitrogen and oxygen atoms in total. The van der Waals surface area contributed by atoms with Crippen LogP contribution in [0.15, 0.2) is 22.8 Å². The zero-order chi connectivity index (χ0) is 9.68. The summed E-state index contributed by atoms with van der Waals surface area (Å²) in [4.78, 5) is 10.9. The van der Waals surface area contributed by atoms with Gasteiger partial charge >= 0.3 is 0 Å². The van der Waals surface area contributed by atoms with Gasteiger partial charge in [0.15, 0.2) is 0 Å². The molecule has 0 aliphatic carbocycles. The molecule has 4 heteroatoms. The highest BCUT2D eigenvalue weighted by Gasteiger charge is 2.06. The first kappa shape index (κ1) is 10.3. The Labute approximate surface area is 85.6 Å². The molecule has 0 saturated carbocycles. The molecule has 13 heavy (non-hydrogen) atoms. The summed E-state index contributed by atoms with van der Waals surface area (Å²) in [5.74, 6) is 0.897. The zero-order valence-corrected chi connectivity index (χ0v) is 9.00. The number of halogens is 1. The fourth-order valence-electron chi connectivity index (χ4n) is 0.904. The Kier molecular flexibility index (Phi) is 4.02. The van der Waals surface area contributed by atoms with Gasteiger partial charge in [-0.1, -0.05) is 15.9 Å². The number of carbonyl (C=O) groups is 1. The van der Waals surface area contributed by atoms with Crippen molar-refractivity contribution in [3.05, 3.63) is 24.2 Å². The van der Waals surface area contributed by atoms with Gasteiger partial charge in [-0.2, -0.15) is 0 Å². The molecule has 1 amide bonds. The van der Waals surface area contributed by atoms with Crippen LogP contribution in [0, 0.1) is 0 Å². The monoisotopic (exact) mass is 245 g/mol. The van der Waals surface area contributed by atoms with E-state index < -0.39 is 0 Å². The minimum Gasteiger partial charge on any atom is -0.469 e. The number of rotatable bonds is 4. The average molecular weight is 246 g/mol. The van der Waals surface area contributed by atoms with Gasteiger partial charge in [-0.05, 0) is 19.1 Å². The first-order valence-corrected chi connectivity index (χ1v) is 5.06. The molecule has 0 aliphatic rings. The van der Waals surface area contributed by atoms with Gasteiger partial charge in [-0.15, -0.1) is 0 Å². The van der Waals surface area contributed by atoms with E-state index in [9.17, 15) is 4.79 Å². The lowest BCUT2D eigenvalue weighted by Crippen LogP contribution is -2.30. The van der Waals surface area contributed by atoms with Crippen molar-refractivity contribution in [2.24, 2.45) is 0 Å². The minimum atomic E-state index is -0.135. The molecule has 1 heterocycles. The largest absolute Gasteiger partial charge is 0.469 e. The van der Waals surface area contributed by atoms with Crippen LogP contribution in [0.1, 0.15) is 12.7 Å². The number of hydrogen-bond donors (Lipinski definition) is 1. The van der Waals surface area contributed by atoms with E-state index in [-0.39, 0.29) is 10.7 Å². The van der Waals surface area contributed by atoms with E-state index in [0.29, 0.717) is 6.54 Å². The predicted molar refractivity (Wildman–Crippen MR) is 53.8 cm³/mol. The van der Waals surface area contributed by atoms with Gasteiger partial charge in [0.25, 0.3) is 0 Å². The van der Waals surface area contributed by atoms with Crippen LogP contribution < -0.4 is 5.32 Å². The number of amides is 1. The molecule has 1 unspecified atom stereocenters. The molecule has 0 bridgehead atoms. The van der Waals surface area contributed by atoms with Crippen LogP contribution in [-0.2, 0) is 11.2 Å². The maximum atomic E-state index is 11.1. The maximum Gasteiger partial charge on any atom is 0.233 e. The molecule has 1 N–H and O–H groups in total. The van der Waals surface area contributed by atoms with E-state index >= 15 is 0 Å². The first-order chi connectivity index (χ1) is 6.20. The van der Waals surface area contributed by atoms with Crippen LogP contribution in [0.25, 0.3) is 0 Å². The van der Waals surface area contributed by atoms with Crippen molar-refractivity contribution in [1.82, 2.24) is 5.32 Å². The molecular weight excluding hydrogens is 234 g/mol. The summed E-state index contributed by atoms with van der Waals surface area (Å²) < 4.78 is 5.11. The third kappa shape index (κ3) is 3.63. The van der Waals surface area contributed by atoms with Gasteiger partial charge in [0.1, 0.15) is 5.76 Å². The third-order valence-corrected chi connectivity index (χ3v) is 2.03. The molecule has 0 saturated heterocycles. The highest BCUT2D eigenvalue weighted by Crippen LogP contribution is 2.00. The van der Waals surface area contributed by atoms with E-state index in [2.05, 4.69) is 21.2 Å². The Bertz CT molecular complexity index is 257. The molecule has 1 rings (SSSR count). The highest BCUT2D eigenvalue weighted by atomic mass is 79.9. The molecule has 0 fully saturated rings. The number of hydrogen-bond acceptors (Lipinski definition) is 2. The van der Waals surface area contributed by atoms with Crippen LogP contribution >= 0.6 is 15.9 Å². The molecule has 72 valence electrons. The summed E-state index contributed by atoms with van der Waals surface area (Å²) in [6.45, 7) is 2.41. The summed E-state index contributed by atoms with van der Waals surface area (Å²) in [5, 5.41) is 2.77. The number of nitrogens with one attached hydrogen (secondary N) is 1. The van der Waals surface area contributed by atoms with Gasteiger partial charge in [0.05, 0.1) is 11.1 Å². The Morgan fingerprint density at radius 3 is 3.08 bits per heavy atom. The second-order valence-corrected chi connectivity index (χ2v) is 4.11. The number of alkyl halides is 1. The fraction of sp³-hybridized carbons (Fsp3) is 0.444. The lowest BCUT2D eigenvalue weighted by molar-refractivity contribution is -0.120. The highest BCUT2D eigenvalue weighted by molar-refractivity contribution is 9.10. The van der Waals surface area contributed by atoms with Gasteiger partial charge in [0.2, 0.25) is 5.91 Å². The summed E-state index contributed by atoms with van der Waals surface area (Å²) in [6.07, 6.45) is 2.36. The van der Waals surface area contributed by atoms with Crippen molar-refractivity contribution in [2.75, 3.05) is 6.54 Å². The van der Waals surface area contributed by atoms with Crippen molar-refractivity contribution in [1.29, 1.82) is 0 Å². The lowest BCUT2D eigenvalue weighted by Gasteiger charge is -2.04. The smallest absolute Gasteiger partial charge is 0.233 e. The zero-order valence-electron chi connectivity index (χ0n) is 7.42. The van der Waals surface area contributed by atoms with Crippen LogP contribution in [0.2, 0.25) is 0 Å². The van der Waals surface area contributed by atoms with Crippen molar-refractivity contribution in [3.63, 3.8) is 0 Å². The molecule has 1 aromatic heterocycles. The van der Waals surface area contributed by atoms with Crippen molar-refractivity contribution < 1.29 is 9.21 Å². The Balaban J connectivity index is 2.18. The molecule has 0 aliphatic heterocycles. The van der Waals surface area contributed by atoms with Crippen molar-refractivity contribution >= 4 is 21.8 Å². The number of carbonyl (C=O) groups excluding carboxylic acids is 1. The fourth-order valence-corrected chi connectivity index (χ4v) is 1.07. The summed E-state index contributed by atoms with van der Waals surface area (Å²) in [6, 6.07) is 3.73. The molecule has 0 radical (unpaired) electrons. The molecule has 1 atom stereocenters. The molecular formula is C9H12BrNO2. The van der Waals surface area contributed by atoms with E-state index in [0.717, 1.165) is 12.2 Å². The minimum absolute atomic E-state index is 0.00607. The third-order valence-electron chi connectivity index (χ3n) is 1.61.